The van der Waals surface area contributed by atoms with E-state index >= 15 is 0 Å². The summed E-state index contributed by atoms with van der Waals surface area (Å²) in [5.41, 5.74) is 3.18. The first-order chi connectivity index (χ1) is 17.1. The van der Waals surface area contributed by atoms with Crippen LogP contribution in [-0.4, -0.2) is 21.8 Å². The lowest BCUT2D eigenvalue weighted by atomic mass is 9.85. The minimum Gasteiger partial charge on any atom is -0.503 e. The van der Waals surface area contributed by atoms with Gasteiger partial charge in [0.15, 0.2) is 5.76 Å². The molecule has 0 radical (unpaired) electrons. The molecule has 0 fully saturated rings. The monoisotopic (exact) mass is 496 g/mol. The van der Waals surface area contributed by atoms with E-state index in [1.54, 1.807) is 11.8 Å². The van der Waals surface area contributed by atoms with Crippen molar-refractivity contribution in [3.05, 3.63) is 105 Å². The third-order valence-electron chi connectivity index (χ3n) is 6.68. The average Bonchev–Trinajstić information content (AvgIpc) is 3.32. The molecule has 0 saturated carbocycles. The fourth-order valence-electron chi connectivity index (χ4n) is 4.85. The Morgan fingerprint density at radius 3 is 2.28 bits per heavy atom. The minimum absolute atomic E-state index is 0.0484. The van der Waals surface area contributed by atoms with Gasteiger partial charge in [0.1, 0.15) is 0 Å². The first kappa shape index (κ1) is 23.9. The summed E-state index contributed by atoms with van der Waals surface area (Å²) in [5, 5.41) is 13.8. The number of rotatable bonds is 4. The zero-order chi connectivity index (χ0) is 25.8. The quantitative estimate of drug-likeness (QED) is 0.309. The van der Waals surface area contributed by atoms with Crippen LogP contribution in [0.3, 0.4) is 0 Å². The molecule has 0 aliphatic carbocycles. The van der Waals surface area contributed by atoms with E-state index in [4.69, 9.17) is 0 Å². The molecule has 2 heterocycles. The summed E-state index contributed by atoms with van der Waals surface area (Å²) in [6.07, 6.45) is 0. The number of Topliss-reactive ketones (excluding diaryl/α,β-unsaturated/α-hetero) is 1. The SMILES string of the molecule is Cc1nc(C)c(C(=O)C2=C(O)C(=O)N(c3cccc4ccccc34)C2c2ccc(C(C)(C)C)cc2)s1. The summed E-state index contributed by atoms with van der Waals surface area (Å²) < 4.78 is 0. The Morgan fingerprint density at radius 1 is 0.972 bits per heavy atom. The number of fused-ring (bicyclic) bond motifs is 1. The van der Waals surface area contributed by atoms with Gasteiger partial charge in [-0.25, -0.2) is 4.98 Å². The molecule has 182 valence electrons. The number of nitrogens with zero attached hydrogens (tertiary/aromatic N) is 2. The number of aromatic nitrogens is 1. The molecular formula is C30H28N2O3S. The van der Waals surface area contributed by atoms with Crippen molar-refractivity contribution in [1.82, 2.24) is 4.98 Å². The molecule has 1 N–H and O–H groups in total. The van der Waals surface area contributed by atoms with Gasteiger partial charge in [-0.3, -0.25) is 14.5 Å². The van der Waals surface area contributed by atoms with Crippen molar-refractivity contribution in [2.24, 2.45) is 0 Å². The lowest BCUT2D eigenvalue weighted by molar-refractivity contribution is -0.117. The standard InChI is InChI=1S/C30H28N2O3S/c1-17-28(36-18(2)31-17)26(33)24-25(20-13-15-21(16-14-20)30(3,4)5)32(29(35)27(24)34)23-12-8-10-19-9-6-7-11-22(19)23/h6-16,25,34H,1-5H3. The number of amides is 1. The maximum absolute atomic E-state index is 13.9. The third kappa shape index (κ3) is 3.91. The maximum atomic E-state index is 13.9. The maximum Gasteiger partial charge on any atom is 0.294 e. The number of hydrogen-bond acceptors (Lipinski definition) is 5. The summed E-state index contributed by atoms with van der Waals surface area (Å²) in [6.45, 7) is 10.0. The van der Waals surface area contributed by atoms with Gasteiger partial charge in [-0.15, -0.1) is 11.3 Å². The average molecular weight is 497 g/mol. The highest BCUT2D eigenvalue weighted by Gasteiger charge is 2.45. The smallest absolute Gasteiger partial charge is 0.294 e. The van der Waals surface area contributed by atoms with Crippen LogP contribution in [0.4, 0.5) is 5.69 Å². The van der Waals surface area contributed by atoms with Crippen LogP contribution in [0.5, 0.6) is 0 Å². The molecule has 1 aromatic heterocycles. The first-order valence-corrected chi connectivity index (χ1v) is 12.7. The van der Waals surface area contributed by atoms with Gasteiger partial charge in [-0.2, -0.15) is 0 Å². The van der Waals surface area contributed by atoms with Crippen LogP contribution in [0.1, 0.15) is 58.3 Å². The summed E-state index contributed by atoms with van der Waals surface area (Å²) in [7, 11) is 0. The summed E-state index contributed by atoms with van der Waals surface area (Å²) >= 11 is 1.28. The van der Waals surface area contributed by atoms with E-state index < -0.39 is 17.7 Å². The molecule has 6 heteroatoms. The Bertz CT molecular complexity index is 1540. The number of benzene rings is 3. The van der Waals surface area contributed by atoms with Crippen molar-refractivity contribution in [2.45, 2.75) is 46.1 Å². The number of ketones is 1. The molecule has 0 bridgehead atoms. The fraction of sp³-hybridized carbons (Fsp3) is 0.233. The van der Waals surface area contributed by atoms with E-state index in [1.165, 1.54) is 11.3 Å². The lowest BCUT2D eigenvalue weighted by Crippen LogP contribution is -2.31. The van der Waals surface area contributed by atoms with Crippen molar-refractivity contribution >= 4 is 39.5 Å². The molecule has 1 unspecified atom stereocenters. The predicted octanol–water partition coefficient (Wildman–Crippen LogP) is 6.99. The first-order valence-electron chi connectivity index (χ1n) is 11.9. The van der Waals surface area contributed by atoms with Gasteiger partial charge in [0, 0.05) is 5.39 Å². The van der Waals surface area contributed by atoms with Gasteiger partial charge in [0.2, 0.25) is 5.78 Å². The van der Waals surface area contributed by atoms with E-state index in [-0.39, 0.29) is 16.8 Å². The van der Waals surface area contributed by atoms with Crippen molar-refractivity contribution in [1.29, 1.82) is 0 Å². The van der Waals surface area contributed by atoms with Crippen LogP contribution in [-0.2, 0) is 10.2 Å². The van der Waals surface area contributed by atoms with Gasteiger partial charge >= 0.3 is 0 Å². The van der Waals surface area contributed by atoms with Gasteiger partial charge in [0.25, 0.3) is 5.91 Å². The number of thiazole rings is 1. The molecule has 3 aromatic carbocycles. The van der Waals surface area contributed by atoms with E-state index in [0.717, 1.165) is 26.9 Å². The second kappa shape index (κ2) is 8.71. The molecule has 5 rings (SSSR count). The zero-order valence-electron chi connectivity index (χ0n) is 21.0. The third-order valence-corrected chi connectivity index (χ3v) is 7.75. The number of anilines is 1. The Morgan fingerprint density at radius 2 is 1.64 bits per heavy atom. The highest BCUT2D eigenvalue weighted by atomic mass is 32.1. The molecule has 0 saturated heterocycles. The second-order valence-corrected chi connectivity index (χ2v) is 11.4. The molecule has 1 atom stereocenters. The summed E-state index contributed by atoms with van der Waals surface area (Å²) in [5.74, 6) is -1.46. The number of carbonyl (C=O) groups excluding carboxylic acids is 2. The number of aliphatic hydroxyl groups excluding tert-OH is 1. The highest BCUT2D eigenvalue weighted by molar-refractivity contribution is 7.14. The predicted molar refractivity (Wildman–Crippen MR) is 145 cm³/mol. The Kier molecular flexibility index (Phi) is 5.80. The van der Waals surface area contributed by atoms with E-state index in [9.17, 15) is 14.7 Å². The van der Waals surface area contributed by atoms with Crippen LogP contribution in [0.25, 0.3) is 10.8 Å². The van der Waals surface area contributed by atoms with Crippen LogP contribution in [0.2, 0.25) is 0 Å². The van der Waals surface area contributed by atoms with E-state index in [1.807, 2.05) is 73.7 Å². The van der Waals surface area contributed by atoms with Crippen LogP contribution >= 0.6 is 11.3 Å². The van der Waals surface area contributed by atoms with Crippen molar-refractivity contribution in [3.8, 4) is 0 Å². The molecule has 4 aromatic rings. The number of aliphatic hydroxyl groups is 1. The van der Waals surface area contributed by atoms with Gasteiger partial charge in [-0.1, -0.05) is 81.4 Å². The summed E-state index contributed by atoms with van der Waals surface area (Å²) in [4.78, 5) is 33.9. The molecule has 5 nitrogen and oxygen atoms in total. The van der Waals surface area contributed by atoms with Gasteiger partial charge in [0.05, 0.1) is 32.9 Å². The molecular weight excluding hydrogens is 468 g/mol. The number of aryl methyl sites for hydroxylation is 2. The van der Waals surface area contributed by atoms with Crippen LogP contribution in [0.15, 0.2) is 78.1 Å². The van der Waals surface area contributed by atoms with Crippen LogP contribution in [0, 0.1) is 13.8 Å². The summed E-state index contributed by atoms with van der Waals surface area (Å²) in [6, 6.07) is 20.7. The largest absolute Gasteiger partial charge is 0.503 e. The topological polar surface area (TPSA) is 70.5 Å². The van der Waals surface area contributed by atoms with Crippen molar-refractivity contribution in [2.75, 3.05) is 4.90 Å². The zero-order valence-corrected chi connectivity index (χ0v) is 21.8. The van der Waals surface area contributed by atoms with Crippen molar-refractivity contribution in [3.63, 3.8) is 0 Å². The highest BCUT2D eigenvalue weighted by Crippen LogP contribution is 2.45. The number of carbonyl (C=O) groups is 2. The normalized spacial score (nSPS) is 16.3. The van der Waals surface area contributed by atoms with E-state index in [2.05, 4.69) is 25.8 Å². The van der Waals surface area contributed by atoms with Crippen LogP contribution < -0.4 is 4.90 Å². The van der Waals surface area contributed by atoms with E-state index in [0.29, 0.717) is 16.3 Å². The molecule has 1 aliphatic heterocycles. The Balaban J connectivity index is 1.72. The molecule has 1 amide bonds. The number of hydrogen-bond donors (Lipinski definition) is 1. The molecule has 36 heavy (non-hydrogen) atoms. The second-order valence-electron chi connectivity index (χ2n) is 10.2. The van der Waals surface area contributed by atoms with Gasteiger partial charge < -0.3 is 5.11 Å². The van der Waals surface area contributed by atoms with Gasteiger partial charge in [-0.05, 0) is 41.8 Å². The minimum atomic E-state index is -0.772. The Labute approximate surface area is 214 Å². The Hall–Kier alpha value is -3.77. The molecule has 1 aliphatic rings. The molecule has 0 spiro atoms. The lowest BCUT2D eigenvalue weighted by Gasteiger charge is -2.28. The van der Waals surface area contributed by atoms with Crippen molar-refractivity contribution < 1.29 is 14.7 Å². The fourth-order valence-corrected chi connectivity index (χ4v) is 5.72.